The predicted molar refractivity (Wildman–Crippen MR) is 88.6 cm³/mol. The number of hydrogen-bond acceptors (Lipinski definition) is 2. The molecule has 3 rings (SSSR count). The molecule has 1 atom stereocenters. The lowest BCUT2D eigenvalue weighted by Crippen LogP contribution is -2.17. The quantitative estimate of drug-likeness (QED) is 0.661. The molecule has 1 aromatic heterocycles. The molecule has 0 bridgehead atoms. The van der Waals surface area contributed by atoms with Gasteiger partial charge in [-0.15, -0.1) is 0 Å². The second-order valence-electron chi connectivity index (χ2n) is 4.69. The number of furan rings is 1. The van der Waals surface area contributed by atoms with E-state index in [1.54, 1.807) is 18.2 Å². The summed E-state index contributed by atoms with van der Waals surface area (Å²) in [4.78, 5) is 0. The highest BCUT2D eigenvalue weighted by molar-refractivity contribution is 6.35. The van der Waals surface area contributed by atoms with Crippen LogP contribution in [0.3, 0.4) is 0 Å². The Morgan fingerprint density at radius 2 is 1.81 bits per heavy atom. The van der Waals surface area contributed by atoms with Crippen LogP contribution in [0.1, 0.15) is 17.4 Å². The van der Waals surface area contributed by atoms with E-state index in [1.807, 2.05) is 31.3 Å². The van der Waals surface area contributed by atoms with Gasteiger partial charge in [-0.1, -0.05) is 46.9 Å². The van der Waals surface area contributed by atoms with Crippen molar-refractivity contribution in [2.24, 2.45) is 0 Å². The van der Waals surface area contributed by atoms with Crippen LogP contribution in [0.2, 0.25) is 15.1 Å². The van der Waals surface area contributed by atoms with E-state index in [4.69, 9.17) is 39.2 Å². The van der Waals surface area contributed by atoms with Crippen LogP contribution in [0.15, 0.2) is 46.9 Å². The van der Waals surface area contributed by atoms with E-state index in [0.29, 0.717) is 20.7 Å². The normalized spacial score (nSPS) is 12.8. The first-order valence-electron chi connectivity index (χ1n) is 6.40. The molecule has 1 N–H and O–H groups in total. The summed E-state index contributed by atoms with van der Waals surface area (Å²) in [5, 5.41) is 6.00. The van der Waals surface area contributed by atoms with E-state index >= 15 is 0 Å². The Balaban J connectivity index is 2.13. The fraction of sp³-hybridized carbons (Fsp3) is 0.125. The van der Waals surface area contributed by atoms with Gasteiger partial charge in [0.15, 0.2) is 5.58 Å². The summed E-state index contributed by atoms with van der Waals surface area (Å²) < 4.78 is 5.90. The van der Waals surface area contributed by atoms with Crippen LogP contribution in [0.5, 0.6) is 0 Å². The van der Waals surface area contributed by atoms with Gasteiger partial charge >= 0.3 is 0 Å². The molecule has 0 aliphatic carbocycles. The summed E-state index contributed by atoms with van der Waals surface area (Å²) in [6.07, 6.45) is 0. The van der Waals surface area contributed by atoms with Crippen LogP contribution >= 0.6 is 34.8 Å². The van der Waals surface area contributed by atoms with E-state index in [1.165, 1.54) is 0 Å². The topological polar surface area (TPSA) is 25.2 Å². The van der Waals surface area contributed by atoms with Crippen LogP contribution in [0, 0.1) is 0 Å². The van der Waals surface area contributed by atoms with Gasteiger partial charge in [-0.05, 0) is 42.9 Å². The van der Waals surface area contributed by atoms with Crippen molar-refractivity contribution in [2.75, 3.05) is 7.05 Å². The van der Waals surface area contributed by atoms with Gasteiger partial charge in [-0.2, -0.15) is 0 Å². The second-order valence-corrected chi connectivity index (χ2v) is 5.95. The molecule has 0 radical (unpaired) electrons. The highest BCUT2D eigenvalue weighted by atomic mass is 35.5. The fourth-order valence-electron chi connectivity index (χ4n) is 2.38. The number of hydrogen-bond donors (Lipinski definition) is 1. The van der Waals surface area contributed by atoms with Crippen molar-refractivity contribution in [3.05, 3.63) is 68.9 Å². The largest absolute Gasteiger partial charge is 0.457 e. The molecule has 0 spiro atoms. The van der Waals surface area contributed by atoms with Gasteiger partial charge in [0, 0.05) is 15.4 Å². The van der Waals surface area contributed by atoms with Crippen LogP contribution in [0.25, 0.3) is 11.0 Å². The van der Waals surface area contributed by atoms with Gasteiger partial charge in [0.05, 0.1) is 11.1 Å². The molecule has 0 aliphatic heterocycles. The van der Waals surface area contributed by atoms with Gasteiger partial charge in [0.1, 0.15) is 5.76 Å². The lowest BCUT2D eigenvalue weighted by atomic mass is 10.0. The molecule has 21 heavy (non-hydrogen) atoms. The lowest BCUT2D eigenvalue weighted by Gasteiger charge is -2.15. The number of fused-ring (bicyclic) bond motifs is 1. The Kier molecular flexibility index (Phi) is 4.14. The van der Waals surface area contributed by atoms with Crippen LogP contribution < -0.4 is 5.32 Å². The third kappa shape index (κ3) is 2.77. The number of rotatable bonds is 3. The van der Waals surface area contributed by atoms with E-state index in [2.05, 4.69) is 5.32 Å². The Labute approximate surface area is 137 Å². The summed E-state index contributed by atoms with van der Waals surface area (Å²) in [6.45, 7) is 0. The number of para-hydroxylation sites is 1. The van der Waals surface area contributed by atoms with Crippen molar-refractivity contribution in [1.29, 1.82) is 0 Å². The van der Waals surface area contributed by atoms with Gasteiger partial charge in [0.25, 0.3) is 0 Å². The summed E-state index contributed by atoms with van der Waals surface area (Å²) in [6, 6.07) is 12.8. The monoisotopic (exact) mass is 339 g/mol. The third-order valence-electron chi connectivity index (χ3n) is 3.36. The number of halogens is 3. The smallest absolute Gasteiger partial charge is 0.152 e. The van der Waals surface area contributed by atoms with Crippen LogP contribution in [0.4, 0.5) is 0 Å². The van der Waals surface area contributed by atoms with Crippen molar-refractivity contribution < 1.29 is 4.42 Å². The summed E-state index contributed by atoms with van der Waals surface area (Å²) in [5.41, 5.74) is 1.54. The molecule has 2 nitrogen and oxygen atoms in total. The average Bonchev–Trinajstić information content (AvgIpc) is 2.89. The number of benzene rings is 2. The lowest BCUT2D eigenvalue weighted by molar-refractivity contribution is 0.492. The van der Waals surface area contributed by atoms with Gasteiger partial charge in [-0.3, -0.25) is 0 Å². The van der Waals surface area contributed by atoms with E-state index in [9.17, 15) is 0 Å². The first kappa shape index (κ1) is 14.7. The molecule has 1 heterocycles. The van der Waals surface area contributed by atoms with E-state index in [0.717, 1.165) is 16.7 Å². The van der Waals surface area contributed by atoms with Crippen molar-refractivity contribution in [3.8, 4) is 0 Å². The minimum atomic E-state index is -0.195. The van der Waals surface area contributed by atoms with E-state index in [-0.39, 0.29) is 6.04 Å². The SMILES string of the molecule is CNC(c1cc2cccc(Cl)c2o1)c1cc(Cl)ccc1Cl. The predicted octanol–water partition coefficient (Wildman–Crippen LogP) is 5.70. The second kappa shape index (κ2) is 5.90. The molecule has 2 aromatic carbocycles. The maximum absolute atomic E-state index is 6.28. The standard InChI is InChI=1S/C16H12Cl3NO/c1-20-15(11-8-10(17)5-6-12(11)18)14-7-9-3-2-4-13(19)16(9)21-14/h2-8,15,20H,1H3. The minimum Gasteiger partial charge on any atom is -0.457 e. The molecular weight excluding hydrogens is 329 g/mol. The minimum absolute atomic E-state index is 0.195. The first-order valence-corrected chi connectivity index (χ1v) is 7.53. The fourth-order valence-corrected chi connectivity index (χ4v) is 3.00. The maximum atomic E-state index is 6.28. The first-order chi connectivity index (χ1) is 10.1. The van der Waals surface area contributed by atoms with Crippen molar-refractivity contribution in [1.82, 2.24) is 5.32 Å². The number of nitrogens with one attached hydrogen (secondary N) is 1. The molecule has 0 fully saturated rings. The third-order valence-corrected chi connectivity index (χ3v) is 4.23. The Morgan fingerprint density at radius 1 is 1.00 bits per heavy atom. The molecule has 0 amide bonds. The Morgan fingerprint density at radius 3 is 2.52 bits per heavy atom. The molecule has 0 saturated heterocycles. The molecule has 5 heteroatoms. The maximum Gasteiger partial charge on any atom is 0.152 e. The summed E-state index contributed by atoms with van der Waals surface area (Å²) >= 11 is 18.5. The highest BCUT2D eigenvalue weighted by Gasteiger charge is 2.20. The van der Waals surface area contributed by atoms with Gasteiger partial charge in [-0.25, -0.2) is 0 Å². The van der Waals surface area contributed by atoms with Gasteiger partial charge in [0.2, 0.25) is 0 Å². The zero-order chi connectivity index (χ0) is 15.0. The highest BCUT2D eigenvalue weighted by Crippen LogP contribution is 2.35. The Hall–Kier alpha value is -1.19. The zero-order valence-electron chi connectivity index (χ0n) is 11.2. The van der Waals surface area contributed by atoms with Crippen LogP contribution in [-0.2, 0) is 0 Å². The van der Waals surface area contributed by atoms with Gasteiger partial charge < -0.3 is 9.73 Å². The van der Waals surface area contributed by atoms with E-state index < -0.39 is 0 Å². The average molecular weight is 341 g/mol. The molecular formula is C16H12Cl3NO. The summed E-state index contributed by atoms with van der Waals surface area (Å²) in [5.74, 6) is 0.741. The molecule has 0 aliphatic rings. The summed E-state index contributed by atoms with van der Waals surface area (Å²) in [7, 11) is 1.84. The molecule has 3 aromatic rings. The Bertz CT molecular complexity index is 797. The van der Waals surface area contributed by atoms with Crippen LogP contribution in [-0.4, -0.2) is 7.05 Å². The molecule has 0 saturated carbocycles. The molecule has 108 valence electrons. The van der Waals surface area contributed by atoms with Crippen molar-refractivity contribution >= 4 is 45.8 Å². The zero-order valence-corrected chi connectivity index (χ0v) is 13.4. The molecule has 1 unspecified atom stereocenters. The van der Waals surface area contributed by atoms with Crippen molar-refractivity contribution in [3.63, 3.8) is 0 Å². The van der Waals surface area contributed by atoms with Crippen molar-refractivity contribution in [2.45, 2.75) is 6.04 Å².